The second kappa shape index (κ2) is 4.65. The van der Waals surface area contributed by atoms with Gasteiger partial charge in [-0.1, -0.05) is 11.6 Å². The van der Waals surface area contributed by atoms with Gasteiger partial charge in [-0.15, -0.1) is 0 Å². The first kappa shape index (κ1) is 12.7. The van der Waals surface area contributed by atoms with Crippen LogP contribution in [0.15, 0.2) is 36.5 Å². The molecule has 0 fully saturated rings. The molecule has 20 heavy (non-hydrogen) atoms. The average Bonchev–Trinajstić information content (AvgIpc) is 2.82. The zero-order valence-corrected chi connectivity index (χ0v) is 11.5. The number of pyridine rings is 1. The molecule has 100 valence electrons. The van der Waals surface area contributed by atoms with Gasteiger partial charge in [0, 0.05) is 22.7 Å². The highest BCUT2D eigenvalue weighted by Gasteiger charge is 2.11. The number of fused-ring (bicyclic) bond motifs is 1. The molecule has 1 amide bonds. The van der Waals surface area contributed by atoms with E-state index in [1.165, 1.54) is 0 Å². The molecule has 4 nitrogen and oxygen atoms in total. The second-order valence-corrected chi connectivity index (χ2v) is 5.08. The SMILES string of the molecule is Cc1cc(-c2ccc(Cl)nc2)c2[nH]c(C(N)=O)cc2c1. The van der Waals surface area contributed by atoms with E-state index >= 15 is 0 Å². The molecule has 1 aromatic carbocycles. The molecule has 0 saturated heterocycles. The molecule has 2 aromatic heterocycles. The van der Waals surface area contributed by atoms with Crippen LogP contribution in [-0.4, -0.2) is 15.9 Å². The van der Waals surface area contributed by atoms with Gasteiger partial charge in [-0.2, -0.15) is 0 Å². The first-order valence-electron chi connectivity index (χ1n) is 6.09. The molecular weight excluding hydrogens is 274 g/mol. The van der Waals surface area contributed by atoms with Gasteiger partial charge in [-0.05, 0) is 42.8 Å². The molecule has 0 bridgehead atoms. The van der Waals surface area contributed by atoms with Gasteiger partial charge in [0.2, 0.25) is 0 Å². The number of aryl methyl sites for hydroxylation is 1. The lowest BCUT2D eigenvalue weighted by molar-refractivity contribution is 0.0996. The summed E-state index contributed by atoms with van der Waals surface area (Å²) < 4.78 is 0. The van der Waals surface area contributed by atoms with Gasteiger partial charge in [0.05, 0.1) is 5.52 Å². The van der Waals surface area contributed by atoms with Crippen LogP contribution < -0.4 is 5.73 Å². The Kier molecular flexibility index (Phi) is 2.95. The summed E-state index contributed by atoms with van der Waals surface area (Å²) >= 11 is 5.81. The fourth-order valence-corrected chi connectivity index (χ4v) is 2.40. The second-order valence-electron chi connectivity index (χ2n) is 4.69. The Labute approximate surface area is 120 Å². The molecular formula is C15H12ClN3O. The molecule has 0 spiro atoms. The van der Waals surface area contributed by atoms with Crippen molar-refractivity contribution in [3.05, 3.63) is 52.9 Å². The van der Waals surface area contributed by atoms with E-state index in [0.717, 1.165) is 27.6 Å². The third-order valence-electron chi connectivity index (χ3n) is 3.18. The van der Waals surface area contributed by atoms with E-state index in [-0.39, 0.29) is 0 Å². The van der Waals surface area contributed by atoms with Crippen LogP contribution in [0.1, 0.15) is 16.1 Å². The first-order chi connectivity index (χ1) is 9.54. The molecule has 3 aromatic rings. The normalized spacial score (nSPS) is 10.9. The van der Waals surface area contributed by atoms with Crippen LogP contribution in [0, 0.1) is 6.92 Å². The lowest BCUT2D eigenvalue weighted by Crippen LogP contribution is -2.10. The van der Waals surface area contributed by atoms with Gasteiger partial charge in [0.1, 0.15) is 10.8 Å². The van der Waals surface area contributed by atoms with Crippen molar-refractivity contribution in [1.82, 2.24) is 9.97 Å². The quantitative estimate of drug-likeness (QED) is 0.709. The highest BCUT2D eigenvalue weighted by atomic mass is 35.5. The topological polar surface area (TPSA) is 71.8 Å². The number of rotatable bonds is 2. The van der Waals surface area contributed by atoms with Crippen molar-refractivity contribution in [1.29, 1.82) is 0 Å². The summed E-state index contributed by atoms with van der Waals surface area (Å²) in [5.74, 6) is -0.473. The number of nitrogens with one attached hydrogen (secondary N) is 1. The summed E-state index contributed by atoms with van der Waals surface area (Å²) in [5.41, 5.74) is 9.59. The fourth-order valence-electron chi connectivity index (χ4n) is 2.29. The molecule has 0 unspecified atom stereocenters. The zero-order valence-electron chi connectivity index (χ0n) is 10.8. The Morgan fingerprint density at radius 1 is 1.30 bits per heavy atom. The van der Waals surface area contributed by atoms with Crippen molar-refractivity contribution >= 4 is 28.4 Å². The van der Waals surface area contributed by atoms with Crippen LogP contribution in [0.3, 0.4) is 0 Å². The number of carbonyl (C=O) groups is 1. The number of benzene rings is 1. The van der Waals surface area contributed by atoms with Crippen molar-refractivity contribution < 1.29 is 4.79 Å². The van der Waals surface area contributed by atoms with Crippen molar-refractivity contribution in [2.75, 3.05) is 0 Å². The number of hydrogen-bond acceptors (Lipinski definition) is 2. The molecule has 0 radical (unpaired) electrons. The van der Waals surface area contributed by atoms with Crippen molar-refractivity contribution in [2.45, 2.75) is 6.92 Å². The largest absolute Gasteiger partial charge is 0.364 e. The number of primary amides is 1. The third-order valence-corrected chi connectivity index (χ3v) is 3.40. The summed E-state index contributed by atoms with van der Waals surface area (Å²) in [7, 11) is 0. The number of aromatic nitrogens is 2. The highest BCUT2D eigenvalue weighted by Crippen LogP contribution is 2.30. The molecule has 0 aliphatic carbocycles. The monoisotopic (exact) mass is 285 g/mol. The third kappa shape index (κ3) is 2.14. The van der Waals surface area contributed by atoms with E-state index in [0.29, 0.717) is 10.8 Å². The number of H-pyrrole nitrogens is 1. The fraction of sp³-hybridized carbons (Fsp3) is 0.0667. The van der Waals surface area contributed by atoms with E-state index in [2.05, 4.69) is 9.97 Å². The van der Waals surface area contributed by atoms with Crippen LogP contribution in [0.25, 0.3) is 22.0 Å². The number of hydrogen-bond donors (Lipinski definition) is 2. The van der Waals surface area contributed by atoms with Gasteiger partial charge >= 0.3 is 0 Å². The number of nitrogens with zero attached hydrogens (tertiary/aromatic N) is 1. The first-order valence-corrected chi connectivity index (χ1v) is 6.47. The van der Waals surface area contributed by atoms with Crippen LogP contribution in [0.5, 0.6) is 0 Å². The minimum absolute atomic E-state index is 0.397. The number of aromatic amines is 1. The van der Waals surface area contributed by atoms with E-state index in [1.807, 2.05) is 25.1 Å². The minimum atomic E-state index is -0.473. The van der Waals surface area contributed by atoms with Crippen molar-refractivity contribution in [3.63, 3.8) is 0 Å². The Bertz CT molecular complexity index is 806. The van der Waals surface area contributed by atoms with Gasteiger partial charge < -0.3 is 10.7 Å². The molecule has 0 atom stereocenters. The lowest BCUT2D eigenvalue weighted by atomic mass is 10.0. The molecule has 2 heterocycles. The lowest BCUT2D eigenvalue weighted by Gasteiger charge is -2.05. The Hall–Kier alpha value is -2.33. The average molecular weight is 286 g/mol. The maximum atomic E-state index is 11.3. The number of halogens is 1. The maximum absolute atomic E-state index is 11.3. The maximum Gasteiger partial charge on any atom is 0.265 e. The Morgan fingerprint density at radius 3 is 2.75 bits per heavy atom. The molecule has 3 N–H and O–H groups in total. The number of nitrogens with two attached hydrogens (primary N) is 1. The predicted octanol–water partition coefficient (Wildman–Crippen LogP) is 3.29. The molecule has 0 aliphatic heterocycles. The van der Waals surface area contributed by atoms with E-state index in [1.54, 1.807) is 18.3 Å². The van der Waals surface area contributed by atoms with E-state index in [4.69, 9.17) is 17.3 Å². The smallest absolute Gasteiger partial charge is 0.265 e. The summed E-state index contributed by atoms with van der Waals surface area (Å²) in [4.78, 5) is 18.5. The molecule has 5 heteroatoms. The summed E-state index contributed by atoms with van der Waals surface area (Å²) in [6.07, 6.45) is 1.71. The van der Waals surface area contributed by atoms with Gasteiger partial charge in [-0.3, -0.25) is 4.79 Å². The zero-order chi connectivity index (χ0) is 14.3. The predicted molar refractivity (Wildman–Crippen MR) is 79.8 cm³/mol. The van der Waals surface area contributed by atoms with Crippen LogP contribution in [-0.2, 0) is 0 Å². The van der Waals surface area contributed by atoms with Gasteiger partial charge in [0.25, 0.3) is 5.91 Å². The van der Waals surface area contributed by atoms with Crippen LogP contribution >= 0.6 is 11.6 Å². The van der Waals surface area contributed by atoms with Gasteiger partial charge in [0.15, 0.2) is 0 Å². The standard InChI is InChI=1S/C15H12ClN3O/c1-8-4-10-6-12(15(17)20)19-14(10)11(5-8)9-2-3-13(16)18-7-9/h2-7,19H,1H3,(H2,17,20). The summed E-state index contributed by atoms with van der Waals surface area (Å²) in [6.45, 7) is 2.00. The van der Waals surface area contributed by atoms with Gasteiger partial charge in [-0.25, -0.2) is 4.98 Å². The van der Waals surface area contributed by atoms with E-state index in [9.17, 15) is 4.79 Å². The highest BCUT2D eigenvalue weighted by molar-refractivity contribution is 6.29. The number of amides is 1. The molecule has 0 saturated carbocycles. The Morgan fingerprint density at radius 2 is 2.10 bits per heavy atom. The summed E-state index contributed by atoms with van der Waals surface area (Å²) in [6, 6.07) is 9.44. The van der Waals surface area contributed by atoms with Crippen molar-refractivity contribution in [2.24, 2.45) is 5.73 Å². The van der Waals surface area contributed by atoms with Crippen LogP contribution in [0.2, 0.25) is 5.15 Å². The molecule has 3 rings (SSSR count). The Balaban J connectivity index is 2.28. The van der Waals surface area contributed by atoms with Crippen LogP contribution in [0.4, 0.5) is 0 Å². The van der Waals surface area contributed by atoms with E-state index < -0.39 is 5.91 Å². The summed E-state index contributed by atoms with van der Waals surface area (Å²) in [5, 5.41) is 1.39. The number of carbonyl (C=O) groups excluding carboxylic acids is 1. The molecule has 0 aliphatic rings. The van der Waals surface area contributed by atoms with Crippen molar-refractivity contribution in [3.8, 4) is 11.1 Å². The minimum Gasteiger partial charge on any atom is -0.364 e.